The second-order valence-electron chi connectivity index (χ2n) is 7.16. The predicted molar refractivity (Wildman–Crippen MR) is 71.1 cm³/mol. The number of rotatable bonds is 4. The second kappa shape index (κ2) is 6.21. The first-order valence-corrected chi connectivity index (χ1v) is 7.56. The lowest BCUT2D eigenvalue weighted by Gasteiger charge is -2.37. The molecule has 1 nitrogen and oxygen atoms in total. The molecular weight excluding hydrogens is 310 g/mol. The maximum Gasteiger partial charge on any atom is 0.426 e. The third kappa shape index (κ3) is 3.71. The van der Waals surface area contributed by atoms with E-state index in [0.29, 0.717) is 6.42 Å². The van der Waals surface area contributed by atoms with Crippen LogP contribution in [-0.2, 0) is 0 Å². The van der Waals surface area contributed by atoms with Gasteiger partial charge in [0.05, 0.1) is 0 Å². The summed E-state index contributed by atoms with van der Waals surface area (Å²) in [7, 11) is 0. The van der Waals surface area contributed by atoms with Crippen LogP contribution in [0.1, 0.15) is 47.0 Å². The summed E-state index contributed by atoms with van der Waals surface area (Å²) in [5.41, 5.74) is -4.62. The molecule has 1 aliphatic rings. The van der Waals surface area contributed by atoms with Crippen LogP contribution in [0.3, 0.4) is 0 Å². The summed E-state index contributed by atoms with van der Waals surface area (Å²) >= 11 is 0. The van der Waals surface area contributed by atoms with E-state index in [-0.39, 0.29) is 30.1 Å². The van der Waals surface area contributed by atoms with Gasteiger partial charge in [0.2, 0.25) is 0 Å². The third-order valence-electron chi connectivity index (χ3n) is 5.21. The molecule has 22 heavy (non-hydrogen) atoms. The van der Waals surface area contributed by atoms with E-state index < -0.39 is 30.3 Å². The lowest BCUT2D eigenvalue weighted by molar-refractivity contribution is -0.373. The first kappa shape index (κ1) is 19.6. The molecule has 0 aromatic carbocycles. The van der Waals surface area contributed by atoms with Crippen LogP contribution in [0, 0.1) is 29.6 Å². The van der Waals surface area contributed by atoms with Gasteiger partial charge in [-0.05, 0) is 48.9 Å². The summed E-state index contributed by atoms with van der Waals surface area (Å²) in [6.07, 6.45) is -11.8. The summed E-state index contributed by atoms with van der Waals surface area (Å²) < 4.78 is 77.2. The van der Waals surface area contributed by atoms with E-state index in [0.717, 1.165) is 0 Å². The molecule has 7 heteroatoms. The molecule has 1 fully saturated rings. The van der Waals surface area contributed by atoms with Crippen molar-refractivity contribution in [3.05, 3.63) is 0 Å². The summed E-state index contributed by atoms with van der Waals surface area (Å²) in [6.45, 7) is 7.51. The van der Waals surface area contributed by atoms with E-state index >= 15 is 0 Å². The predicted octanol–water partition coefficient (Wildman–Crippen LogP) is 5.19. The van der Waals surface area contributed by atoms with Gasteiger partial charge in [-0.15, -0.1) is 0 Å². The normalized spacial score (nSPS) is 29.2. The monoisotopic (exact) mass is 334 g/mol. The fourth-order valence-corrected chi connectivity index (χ4v) is 3.59. The maximum atomic E-state index is 12.9. The Morgan fingerprint density at radius 3 is 1.77 bits per heavy atom. The van der Waals surface area contributed by atoms with Gasteiger partial charge in [0.15, 0.2) is 0 Å². The zero-order valence-corrected chi connectivity index (χ0v) is 13.2. The molecule has 0 aromatic heterocycles. The van der Waals surface area contributed by atoms with Crippen LogP contribution in [0.5, 0.6) is 0 Å². The smallest absolute Gasteiger partial charge is 0.374 e. The highest BCUT2D eigenvalue weighted by atomic mass is 19.4. The molecule has 0 aromatic rings. The summed E-state index contributed by atoms with van der Waals surface area (Å²) in [5, 5.41) is 9.42. The average molecular weight is 334 g/mol. The maximum absolute atomic E-state index is 12.9. The highest BCUT2D eigenvalue weighted by Crippen LogP contribution is 2.52. The highest BCUT2D eigenvalue weighted by molar-refractivity contribution is 4.99. The SMILES string of the molecule is CC1CC(CC(O)(C(F)(F)F)C(F)(F)F)C(C(C)C(C)C)C1. The van der Waals surface area contributed by atoms with Crippen molar-refractivity contribution in [1.29, 1.82) is 0 Å². The Labute approximate surface area is 127 Å². The van der Waals surface area contributed by atoms with Gasteiger partial charge in [-0.1, -0.05) is 27.7 Å². The van der Waals surface area contributed by atoms with Crippen molar-refractivity contribution >= 4 is 0 Å². The molecule has 1 rings (SSSR count). The van der Waals surface area contributed by atoms with Gasteiger partial charge in [-0.2, -0.15) is 26.3 Å². The van der Waals surface area contributed by atoms with E-state index in [1.165, 1.54) is 0 Å². The molecule has 0 amide bonds. The summed E-state index contributed by atoms with van der Waals surface area (Å²) in [5.74, 6) is -0.753. The first-order chi connectivity index (χ1) is 9.70. The van der Waals surface area contributed by atoms with E-state index in [2.05, 4.69) is 0 Å². The summed E-state index contributed by atoms with van der Waals surface area (Å²) in [4.78, 5) is 0. The van der Waals surface area contributed by atoms with Crippen molar-refractivity contribution in [2.75, 3.05) is 0 Å². The van der Waals surface area contributed by atoms with E-state index in [1.54, 1.807) is 0 Å². The van der Waals surface area contributed by atoms with Gasteiger partial charge in [-0.3, -0.25) is 0 Å². The Morgan fingerprint density at radius 1 is 0.955 bits per heavy atom. The van der Waals surface area contributed by atoms with Crippen molar-refractivity contribution in [2.45, 2.75) is 64.9 Å². The van der Waals surface area contributed by atoms with Gasteiger partial charge in [0, 0.05) is 0 Å². The van der Waals surface area contributed by atoms with Crippen LogP contribution in [0.15, 0.2) is 0 Å². The number of halogens is 6. The lowest BCUT2D eigenvalue weighted by atomic mass is 9.74. The highest BCUT2D eigenvalue weighted by Gasteiger charge is 2.71. The molecule has 0 heterocycles. The molecule has 4 unspecified atom stereocenters. The van der Waals surface area contributed by atoms with Gasteiger partial charge in [0.25, 0.3) is 5.60 Å². The fraction of sp³-hybridized carbons (Fsp3) is 1.00. The second-order valence-corrected chi connectivity index (χ2v) is 7.16. The van der Waals surface area contributed by atoms with Crippen molar-refractivity contribution < 1.29 is 31.4 Å². The zero-order valence-electron chi connectivity index (χ0n) is 13.2. The Kier molecular flexibility index (Phi) is 5.53. The van der Waals surface area contributed by atoms with Crippen LogP contribution in [0.4, 0.5) is 26.3 Å². The van der Waals surface area contributed by atoms with Crippen molar-refractivity contribution in [2.24, 2.45) is 29.6 Å². The Hall–Kier alpha value is -0.460. The van der Waals surface area contributed by atoms with Crippen molar-refractivity contribution in [3.63, 3.8) is 0 Å². The zero-order chi connectivity index (χ0) is 17.5. The lowest BCUT2D eigenvalue weighted by Crippen LogP contribution is -2.58. The molecular formula is C15H24F6O. The number of aliphatic hydroxyl groups is 1. The Morgan fingerprint density at radius 2 is 1.41 bits per heavy atom. The van der Waals surface area contributed by atoms with Gasteiger partial charge < -0.3 is 5.11 Å². The Bertz CT molecular complexity index is 359. The standard InChI is InChI=1S/C15H24F6O/c1-8(2)10(4)12-6-9(3)5-11(12)7-13(22,14(16,17)18)15(19,20)21/h8-12,22H,5-7H2,1-4H3. The Balaban J connectivity index is 3.07. The van der Waals surface area contributed by atoms with E-state index in [9.17, 15) is 31.4 Å². The summed E-state index contributed by atoms with van der Waals surface area (Å²) in [6, 6.07) is 0. The average Bonchev–Trinajstić information content (AvgIpc) is 2.65. The quantitative estimate of drug-likeness (QED) is 0.702. The minimum atomic E-state index is -5.72. The van der Waals surface area contributed by atoms with Gasteiger partial charge >= 0.3 is 12.4 Å². The van der Waals surface area contributed by atoms with E-state index in [4.69, 9.17) is 0 Å². The number of hydrogen-bond donors (Lipinski definition) is 1. The molecule has 1 saturated carbocycles. The van der Waals surface area contributed by atoms with E-state index in [1.807, 2.05) is 27.7 Å². The minimum absolute atomic E-state index is 0.0145. The fourth-order valence-electron chi connectivity index (χ4n) is 3.59. The molecule has 0 saturated heterocycles. The van der Waals surface area contributed by atoms with Crippen LogP contribution in [0.25, 0.3) is 0 Å². The number of alkyl halides is 6. The molecule has 0 spiro atoms. The molecule has 0 bridgehead atoms. The van der Waals surface area contributed by atoms with Gasteiger partial charge in [0.1, 0.15) is 0 Å². The van der Waals surface area contributed by atoms with Crippen LogP contribution < -0.4 is 0 Å². The van der Waals surface area contributed by atoms with Gasteiger partial charge in [-0.25, -0.2) is 0 Å². The molecule has 1 N–H and O–H groups in total. The minimum Gasteiger partial charge on any atom is -0.374 e. The largest absolute Gasteiger partial charge is 0.426 e. The molecule has 4 atom stereocenters. The van der Waals surface area contributed by atoms with Crippen molar-refractivity contribution in [3.8, 4) is 0 Å². The molecule has 0 aliphatic heterocycles. The third-order valence-corrected chi connectivity index (χ3v) is 5.21. The van der Waals surface area contributed by atoms with Crippen LogP contribution >= 0.6 is 0 Å². The first-order valence-electron chi connectivity index (χ1n) is 7.56. The van der Waals surface area contributed by atoms with Crippen LogP contribution in [-0.4, -0.2) is 23.1 Å². The van der Waals surface area contributed by atoms with Crippen LogP contribution in [0.2, 0.25) is 0 Å². The van der Waals surface area contributed by atoms with Crippen molar-refractivity contribution in [1.82, 2.24) is 0 Å². The molecule has 1 aliphatic carbocycles. The number of hydrogen-bond acceptors (Lipinski definition) is 1. The molecule has 132 valence electrons. The molecule has 0 radical (unpaired) electrons. The topological polar surface area (TPSA) is 20.2 Å².